The van der Waals surface area contributed by atoms with E-state index in [9.17, 15) is 9.59 Å². The van der Waals surface area contributed by atoms with E-state index >= 15 is 0 Å². The van der Waals surface area contributed by atoms with Gasteiger partial charge in [0, 0.05) is 22.8 Å². The quantitative estimate of drug-likeness (QED) is 0.528. The van der Waals surface area contributed by atoms with Gasteiger partial charge in [-0.1, -0.05) is 30.3 Å². The third-order valence-electron chi connectivity index (χ3n) is 3.96. The van der Waals surface area contributed by atoms with Crippen molar-refractivity contribution < 1.29 is 4.79 Å². The number of hydrogen-bond donors (Lipinski definition) is 3. The maximum absolute atomic E-state index is 12.4. The van der Waals surface area contributed by atoms with Crippen LogP contribution in [0.15, 0.2) is 65.6 Å². The molecule has 7 heteroatoms. The molecule has 2 aromatic heterocycles. The Morgan fingerprint density at radius 3 is 2.85 bits per heavy atom. The first-order valence-corrected chi connectivity index (χ1v) is 8.06. The highest BCUT2D eigenvalue weighted by Gasteiger charge is 2.08. The molecule has 26 heavy (non-hydrogen) atoms. The summed E-state index contributed by atoms with van der Waals surface area (Å²) < 4.78 is 0. The number of fused-ring (bicyclic) bond motifs is 1. The van der Waals surface area contributed by atoms with Crippen molar-refractivity contribution in [3.63, 3.8) is 0 Å². The minimum atomic E-state index is -0.376. The van der Waals surface area contributed by atoms with Gasteiger partial charge in [-0.05, 0) is 29.8 Å². The molecule has 2 aromatic carbocycles. The summed E-state index contributed by atoms with van der Waals surface area (Å²) in [5, 5.41) is 10.1. The van der Waals surface area contributed by atoms with Crippen molar-refractivity contribution in [3.8, 4) is 11.4 Å². The predicted molar refractivity (Wildman–Crippen MR) is 98.7 cm³/mol. The van der Waals surface area contributed by atoms with E-state index in [1.165, 1.54) is 0 Å². The van der Waals surface area contributed by atoms with Crippen LogP contribution in [0.2, 0.25) is 0 Å². The van der Waals surface area contributed by atoms with Crippen LogP contribution >= 0.6 is 0 Å². The van der Waals surface area contributed by atoms with Crippen LogP contribution in [-0.4, -0.2) is 26.1 Å². The molecule has 0 unspecified atom stereocenters. The van der Waals surface area contributed by atoms with Crippen LogP contribution < -0.4 is 11.0 Å². The highest BCUT2D eigenvalue weighted by Crippen LogP contribution is 2.19. The molecule has 128 valence electrons. The van der Waals surface area contributed by atoms with Crippen molar-refractivity contribution in [2.75, 3.05) is 5.32 Å². The molecule has 0 atom stereocenters. The third-order valence-corrected chi connectivity index (χ3v) is 3.96. The summed E-state index contributed by atoms with van der Waals surface area (Å²) in [6.07, 6.45) is 1.98. The smallest absolute Gasteiger partial charge is 0.326 e. The lowest BCUT2D eigenvalue weighted by molar-refractivity contribution is -0.115. The van der Waals surface area contributed by atoms with Crippen molar-refractivity contribution >= 4 is 22.5 Å². The average molecular weight is 345 g/mol. The van der Waals surface area contributed by atoms with Gasteiger partial charge in [-0.2, -0.15) is 5.10 Å². The highest BCUT2D eigenvalue weighted by atomic mass is 16.2. The van der Waals surface area contributed by atoms with Gasteiger partial charge >= 0.3 is 5.69 Å². The Labute approximate surface area is 148 Å². The maximum Gasteiger partial charge on any atom is 0.340 e. The molecule has 4 rings (SSSR count). The lowest BCUT2D eigenvalue weighted by atomic mass is 10.1. The Balaban J connectivity index is 1.49. The summed E-state index contributed by atoms with van der Waals surface area (Å²) in [6.45, 7) is 0. The fourth-order valence-electron chi connectivity index (χ4n) is 2.76. The Hall–Kier alpha value is -3.74. The Morgan fingerprint density at radius 1 is 1.08 bits per heavy atom. The van der Waals surface area contributed by atoms with Crippen molar-refractivity contribution in [3.05, 3.63) is 76.8 Å². The molecule has 2 heterocycles. The number of amides is 1. The number of nitrogens with zero attached hydrogens (tertiary/aromatic N) is 2. The molecule has 0 aliphatic rings. The molecule has 3 N–H and O–H groups in total. The second kappa shape index (κ2) is 6.64. The lowest BCUT2D eigenvalue weighted by Gasteiger charge is -2.07. The van der Waals surface area contributed by atoms with Gasteiger partial charge in [0.15, 0.2) is 5.82 Å². The Morgan fingerprint density at radius 2 is 2.00 bits per heavy atom. The summed E-state index contributed by atoms with van der Waals surface area (Å²) in [5.74, 6) is 0.291. The van der Waals surface area contributed by atoms with Crippen LogP contribution in [0, 0.1) is 0 Å². The van der Waals surface area contributed by atoms with Gasteiger partial charge in [-0.3, -0.25) is 14.8 Å². The molecular formula is C19H15N5O2. The first-order valence-electron chi connectivity index (χ1n) is 8.06. The van der Waals surface area contributed by atoms with Crippen LogP contribution in [-0.2, 0) is 11.2 Å². The number of pyridine rings is 1. The number of aromatic amines is 2. The standard InChI is InChI=1S/C19H15N5O2/c25-17(10-12-6-7-13-4-2-8-20-16(13)9-12)21-15-5-1-3-14(11-15)18-22-19(26)24-23-18/h1-9,11H,10H2,(H,21,25)(H2,22,23,24,26). The summed E-state index contributed by atoms with van der Waals surface area (Å²) in [6, 6.07) is 16.8. The van der Waals surface area contributed by atoms with Crippen LogP contribution in [0.3, 0.4) is 0 Å². The number of carbonyl (C=O) groups is 1. The molecule has 0 saturated carbocycles. The number of rotatable bonds is 4. The maximum atomic E-state index is 12.4. The lowest BCUT2D eigenvalue weighted by Crippen LogP contribution is -2.14. The topological polar surface area (TPSA) is 104 Å². The van der Waals surface area contributed by atoms with Gasteiger partial charge in [0.2, 0.25) is 5.91 Å². The molecule has 0 bridgehead atoms. The van der Waals surface area contributed by atoms with Crippen LogP contribution in [0.4, 0.5) is 5.69 Å². The zero-order valence-corrected chi connectivity index (χ0v) is 13.7. The summed E-state index contributed by atoms with van der Waals surface area (Å²) >= 11 is 0. The monoisotopic (exact) mass is 345 g/mol. The Bertz CT molecular complexity index is 1150. The fourth-order valence-corrected chi connectivity index (χ4v) is 2.76. The molecule has 0 aliphatic heterocycles. The van der Waals surface area contributed by atoms with Crippen LogP contribution in [0.25, 0.3) is 22.3 Å². The molecule has 0 spiro atoms. The van der Waals surface area contributed by atoms with Gasteiger partial charge in [0.05, 0.1) is 11.9 Å². The predicted octanol–water partition coefficient (Wildman–Crippen LogP) is 2.49. The summed E-state index contributed by atoms with van der Waals surface area (Å²) in [5.41, 5.74) is 2.72. The van der Waals surface area contributed by atoms with E-state index in [0.29, 0.717) is 17.1 Å². The van der Waals surface area contributed by atoms with E-state index in [2.05, 4.69) is 25.5 Å². The second-order valence-corrected chi connectivity index (χ2v) is 5.86. The van der Waals surface area contributed by atoms with E-state index in [4.69, 9.17) is 0 Å². The number of aromatic nitrogens is 4. The van der Waals surface area contributed by atoms with Crippen LogP contribution in [0.1, 0.15) is 5.56 Å². The van der Waals surface area contributed by atoms with Crippen molar-refractivity contribution in [1.29, 1.82) is 0 Å². The SMILES string of the molecule is O=C(Cc1ccc2cccnc2c1)Nc1cccc(-c2n[nH]c(=O)[nH]2)c1. The minimum absolute atomic E-state index is 0.132. The number of anilines is 1. The zero-order valence-electron chi connectivity index (χ0n) is 13.7. The Kier molecular flexibility index (Phi) is 4.03. The van der Waals surface area contributed by atoms with Crippen LogP contribution in [0.5, 0.6) is 0 Å². The third kappa shape index (κ3) is 3.36. The van der Waals surface area contributed by atoms with Crippen molar-refractivity contribution in [1.82, 2.24) is 20.2 Å². The summed E-state index contributed by atoms with van der Waals surface area (Å²) in [4.78, 5) is 30.4. The first kappa shape index (κ1) is 15.8. The molecule has 7 nitrogen and oxygen atoms in total. The molecule has 1 amide bonds. The second-order valence-electron chi connectivity index (χ2n) is 5.86. The molecular weight excluding hydrogens is 330 g/mol. The highest BCUT2D eigenvalue weighted by molar-refractivity contribution is 5.93. The number of nitrogens with one attached hydrogen (secondary N) is 3. The fraction of sp³-hybridized carbons (Fsp3) is 0.0526. The molecule has 4 aromatic rings. The normalized spacial score (nSPS) is 10.8. The van der Waals surface area contributed by atoms with Gasteiger partial charge in [0.25, 0.3) is 0 Å². The van der Waals surface area contributed by atoms with Gasteiger partial charge < -0.3 is 5.32 Å². The van der Waals surface area contributed by atoms with Gasteiger partial charge in [0.1, 0.15) is 0 Å². The number of H-pyrrole nitrogens is 2. The number of benzene rings is 2. The van der Waals surface area contributed by atoms with Crippen molar-refractivity contribution in [2.24, 2.45) is 0 Å². The van der Waals surface area contributed by atoms with Gasteiger partial charge in [-0.15, -0.1) is 0 Å². The van der Waals surface area contributed by atoms with E-state index in [0.717, 1.165) is 16.5 Å². The number of hydrogen-bond acceptors (Lipinski definition) is 4. The van der Waals surface area contributed by atoms with E-state index in [1.54, 1.807) is 30.5 Å². The minimum Gasteiger partial charge on any atom is -0.326 e. The molecule has 0 radical (unpaired) electrons. The molecule has 0 aliphatic carbocycles. The number of carbonyl (C=O) groups excluding carboxylic acids is 1. The first-order chi connectivity index (χ1) is 12.7. The molecule has 0 fully saturated rings. The molecule has 0 saturated heterocycles. The largest absolute Gasteiger partial charge is 0.340 e. The zero-order chi connectivity index (χ0) is 17.9. The van der Waals surface area contributed by atoms with Crippen molar-refractivity contribution in [2.45, 2.75) is 6.42 Å². The summed E-state index contributed by atoms with van der Waals surface area (Å²) in [7, 11) is 0. The van der Waals surface area contributed by atoms with E-state index in [1.807, 2.05) is 30.3 Å². The van der Waals surface area contributed by atoms with E-state index < -0.39 is 0 Å². The van der Waals surface area contributed by atoms with Gasteiger partial charge in [-0.25, -0.2) is 9.89 Å². The average Bonchev–Trinajstić information content (AvgIpc) is 3.08. The van der Waals surface area contributed by atoms with E-state index in [-0.39, 0.29) is 18.0 Å².